The molecule has 0 aliphatic carbocycles. The molecule has 3 aromatic rings. The van der Waals surface area contributed by atoms with Crippen LogP contribution < -0.4 is 15.4 Å². The molecule has 3 rings (SSSR count). The van der Waals surface area contributed by atoms with Gasteiger partial charge in [0.1, 0.15) is 17.7 Å². The Morgan fingerprint density at radius 1 is 1.15 bits per heavy atom. The number of fused-ring (bicyclic) bond motifs is 1. The van der Waals surface area contributed by atoms with Crippen molar-refractivity contribution in [3.05, 3.63) is 60.0 Å². The topological polar surface area (TPSA) is 75.8 Å². The first kappa shape index (κ1) is 18.7. The first-order valence-corrected chi connectivity index (χ1v) is 9.13. The molecule has 27 heavy (non-hydrogen) atoms. The molecule has 0 radical (unpaired) electrons. The molecule has 0 fully saturated rings. The van der Waals surface area contributed by atoms with Crippen LogP contribution in [0.3, 0.4) is 0 Å². The number of guanidine groups is 1. The largest absolute Gasteiger partial charge is 0.489 e. The van der Waals surface area contributed by atoms with E-state index in [0.29, 0.717) is 13.1 Å². The molecule has 142 valence electrons. The van der Waals surface area contributed by atoms with Crippen LogP contribution in [0.15, 0.2) is 53.7 Å². The van der Waals surface area contributed by atoms with Crippen LogP contribution in [-0.2, 0) is 6.42 Å². The van der Waals surface area contributed by atoms with Gasteiger partial charge in [0.25, 0.3) is 0 Å². The molecule has 0 spiro atoms. The fourth-order valence-electron chi connectivity index (χ4n) is 2.76. The maximum absolute atomic E-state index is 5.98. The number of aliphatic imine (C=N–C) groups is 1. The molecule has 0 saturated heterocycles. The smallest absolute Gasteiger partial charge is 0.191 e. The lowest BCUT2D eigenvalue weighted by Crippen LogP contribution is -2.42. The Bertz CT molecular complexity index is 904. The number of hydrogen-bond donors (Lipinski definition) is 2. The minimum absolute atomic E-state index is 0.0186. The Hall–Kier alpha value is -3.09. The predicted molar refractivity (Wildman–Crippen MR) is 107 cm³/mol. The lowest BCUT2D eigenvalue weighted by molar-refractivity contribution is 0.222. The summed E-state index contributed by atoms with van der Waals surface area (Å²) in [4.78, 5) is 4.26. The van der Waals surface area contributed by atoms with Gasteiger partial charge >= 0.3 is 0 Å². The summed E-state index contributed by atoms with van der Waals surface area (Å²) < 4.78 is 7.98. The maximum Gasteiger partial charge on any atom is 0.191 e. The number of benzene rings is 1. The summed E-state index contributed by atoms with van der Waals surface area (Å²) in [6.45, 7) is 5.45. The summed E-state index contributed by atoms with van der Waals surface area (Å²) in [7, 11) is 1.76. The fraction of sp³-hybridized carbons (Fsp3) is 0.350. The van der Waals surface area contributed by atoms with E-state index in [1.54, 1.807) is 7.05 Å². The van der Waals surface area contributed by atoms with Crippen molar-refractivity contribution in [1.29, 1.82) is 0 Å². The average molecular weight is 366 g/mol. The molecule has 1 aromatic carbocycles. The number of pyridine rings is 1. The van der Waals surface area contributed by atoms with Gasteiger partial charge in [0.05, 0.1) is 6.54 Å². The second-order valence-electron chi connectivity index (χ2n) is 6.37. The minimum atomic E-state index is 0.0186. The third-order valence-electron chi connectivity index (χ3n) is 4.23. The van der Waals surface area contributed by atoms with Gasteiger partial charge in [-0.15, -0.1) is 10.2 Å². The van der Waals surface area contributed by atoms with Gasteiger partial charge in [0, 0.05) is 26.2 Å². The molecule has 0 saturated carbocycles. The second kappa shape index (κ2) is 9.02. The van der Waals surface area contributed by atoms with Crippen molar-refractivity contribution >= 4 is 11.6 Å². The van der Waals surface area contributed by atoms with Crippen LogP contribution in [0, 0.1) is 6.92 Å². The fourth-order valence-corrected chi connectivity index (χ4v) is 2.76. The van der Waals surface area contributed by atoms with E-state index < -0.39 is 0 Å². The maximum atomic E-state index is 5.98. The number of aromatic nitrogens is 3. The number of rotatable bonds is 7. The molecular weight excluding hydrogens is 340 g/mol. The van der Waals surface area contributed by atoms with Crippen molar-refractivity contribution < 1.29 is 4.74 Å². The van der Waals surface area contributed by atoms with Crippen molar-refractivity contribution in [2.75, 3.05) is 20.1 Å². The normalized spacial score (nSPS) is 12.8. The van der Waals surface area contributed by atoms with Gasteiger partial charge in [-0.2, -0.15) is 0 Å². The third-order valence-corrected chi connectivity index (χ3v) is 4.23. The van der Waals surface area contributed by atoms with Gasteiger partial charge in [0.2, 0.25) is 0 Å². The first-order valence-electron chi connectivity index (χ1n) is 9.13. The van der Waals surface area contributed by atoms with Crippen LogP contribution in [-0.4, -0.2) is 46.8 Å². The summed E-state index contributed by atoms with van der Waals surface area (Å²) in [5, 5.41) is 15.0. The van der Waals surface area contributed by atoms with Gasteiger partial charge in [-0.25, -0.2) is 0 Å². The Morgan fingerprint density at radius 3 is 2.78 bits per heavy atom. The highest BCUT2D eigenvalue weighted by Crippen LogP contribution is 2.17. The monoisotopic (exact) mass is 366 g/mol. The summed E-state index contributed by atoms with van der Waals surface area (Å²) in [6, 6.07) is 13.9. The van der Waals surface area contributed by atoms with E-state index in [9.17, 15) is 0 Å². The highest BCUT2D eigenvalue weighted by molar-refractivity contribution is 5.79. The average Bonchev–Trinajstić information content (AvgIpc) is 3.09. The molecule has 2 aromatic heterocycles. The SMILES string of the molecule is CN=C(NCCc1nnc2ccccn12)NCC(C)Oc1ccccc1C. The molecule has 7 heteroatoms. The summed E-state index contributed by atoms with van der Waals surface area (Å²) in [5.74, 6) is 2.57. The number of ether oxygens (including phenoxy) is 1. The molecule has 0 amide bonds. The minimum Gasteiger partial charge on any atom is -0.489 e. The Labute approximate surface area is 159 Å². The number of nitrogens with zero attached hydrogens (tertiary/aromatic N) is 4. The first-order chi connectivity index (χ1) is 13.2. The van der Waals surface area contributed by atoms with Crippen molar-refractivity contribution in [2.45, 2.75) is 26.4 Å². The number of para-hydroxylation sites is 1. The molecular formula is C20H26N6O. The predicted octanol–water partition coefficient (Wildman–Crippen LogP) is 2.21. The van der Waals surface area contributed by atoms with Crippen molar-refractivity contribution in [3.8, 4) is 5.75 Å². The van der Waals surface area contributed by atoms with Gasteiger partial charge < -0.3 is 15.4 Å². The molecule has 1 atom stereocenters. The summed E-state index contributed by atoms with van der Waals surface area (Å²) >= 11 is 0. The molecule has 1 unspecified atom stereocenters. The van der Waals surface area contributed by atoms with Crippen LogP contribution in [0.5, 0.6) is 5.75 Å². The Balaban J connectivity index is 1.45. The van der Waals surface area contributed by atoms with Gasteiger partial charge in [-0.3, -0.25) is 9.39 Å². The van der Waals surface area contributed by atoms with E-state index in [2.05, 4.69) is 25.8 Å². The van der Waals surface area contributed by atoms with Crippen LogP contribution in [0.25, 0.3) is 5.65 Å². The summed E-state index contributed by atoms with van der Waals surface area (Å²) in [6.07, 6.45) is 2.74. The molecule has 2 heterocycles. The Morgan fingerprint density at radius 2 is 1.96 bits per heavy atom. The van der Waals surface area contributed by atoms with Gasteiger partial charge in [-0.1, -0.05) is 24.3 Å². The van der Waals surface area contributed by atoms with E-state index >= 15 is 0 Å². The zero-order valence-electron chi connectivity index (χ0n) is 16.0. The van der Waals surface area contributed by atoms with Crippen molar-refractivity contribution in [3.63, 3.8) is 0 Å². The molecule has 0 bridgehead atoms. The zero-order valence-corrected chi connectivity index (χ0v) is 16.0. The highest BCUT2D eigenvalue weighted by atomic mass is 16.5. The van der Waals surface area contributed by atoms with Gasteiger partial charge in [-0.05, 0) is 37.6 Å². The molecule has 7 nitrogen and oxygen atoms in total. The van der Waals surface area contributed by atoms with Crippen molar-refractivity contribution in [1.82, 2.24) is 25.2 Å². The van der Waals surface area contributed by atoms with Gasteiger partial charge in [0.15, 0.2) is 11.6 Å². The molecule has 0 aliphatic rings. The van der Waals surface area contributed by atoms with Crippen LogP contribution in [0.1, 0.15) is 18.3 Å². The highest BCUT2D eigenvalue weighted by Gasteiger charge is 2.08. The second-order valence-corrected chi connectivity index (χ2v) is 6.37. The quantitative estimate of drug-likeness (QED) is 0.495. The van der Waals surface area contributed by atoms with Crippen molar-refractivity contribution in [2.24, 2.45) is 4.99 Å². The standard InChI is InChI=1S/C20H26N6O/c1-15-8-4-5-9-17(15)27-16(2)14-23-20(21-3)22-12-11-19-25-24-18-10-6-7-13-26(18)19/h4-10,13,16H,11-12,14H2,1-3H3,(H2,21,22,23). The van der Waals surface area contributed by atoms with E-state index in [0.717, 1.165) is 35.2 Å². The van der Waals surface area contributed by atoms with Crippen LogP contribution >= 0.6 is 0 Å². The Kier molecular flexibility index (Phi) is 6.25. The summed E-state index contributed by atoms with van der Waals surface area (Å²) in [5.41, 5.74) is 1.99. The number of nitrogens with one attached hydrogen (secondary N) is 2. The van der Waals surface area contributed by atoms with E-state index in [1.807, 2.05) is 66.9 Å². The lowest BCUT2D eigenvalue weighted by Gasteiger charge is -2.18. The van der Waals surface area contributed by atoms with Crippen LogP contribution in [0.2, 0.25) is 0 Å². The number of aryl methyl sites for hydroxylation is 1. The van der Waals surface area contributed by atoms with Crippen LogP contribution in [0.4, 0.5) is 0 Å². The third kappa shape index (κ3) is 4.97. The zero-order chi connectivity index (χ0) is 19.1. The van der Waals surface area contributed by atoms with E-state index in [1.165, 1.54) is 0 Å². The number of hydrogen-bond acceptors (Lipinski definition) is 4. The molecule has 2 N–H and O–H groups in total. The van der Waals surface area contributed by atoms with E-state index in [4.69, 9.17) is 4.74 Å². The molecule has 0 aliphatic heterocycles. The van der Waals surface area contributed by atoms with E-state index in [-0.39, 0.29) is 6.10 Å². The lowest BCUT2D eigenvalue weighted by atomic mass is 10.2.